The van der Waals surface area contributed by atoms with E-state index in [1.807, 2.05) is 12.1 Å². The molecular weight excluding hydrogens is 348 g/mol. The highest BCUT2D eigenvalue weighted by atomic mass is 79.9. The first kappa shape index (κ1) is 12.7. The molecule has 0 aliphatic heterocycles. The van der Waals surface area contributed by atoms with Gasteiger partial charge < -0.3 is 5.11 Å². The van der Waals surface area contributed by atoms with Crippen LogP contribution >= 0.6 is 31.9 Å². The van der Waals surface area contributed by atoms with Crippen molar-refractivity contribution in [3.63, 3.8) is 0 Å². The molecule has 0 aliphatic rings. The van der Waals surface area contributed by atoms with E-state index in [4.69, 9.17) is 0 Å². The predicted molar refractivity (Wildman–Crippen MR) is 72.5 cm³/mol. The molecule has 0 aromatic carbocycles. The van der Waals surface area contributed by atoms with Crippen LogP contribution in [0.25, 0.3) is 0 Å². The van der Waals surface area contributed by atoms with Crippen molar-refractivity contribution < 1.29 is 5.11 Å². The van der Waals surface area contributed by atoms with E-state index in [1.165, 1.54) is 0 Å². The molecule has 0 aliphatic carbocycles. The summed E-state index contributed by atoms with van der Waals surface area (Å²) < 4.78 is 1.81. The second-order valence-electron chi connectivity index (χ2n) is 3.63. The van der Waals surface area contributed by atoms with Crippen molar-refractivity contribution in [2.24, 2.45) is 0 Å². The topological polar surface area (TPSA) is 46.0 Å². The molecule has 1 N–H and O–H groups in total. The number of aliphatic hydroxyl groups is 1. The number of rotatable bonds is 3. The van der Waals surface area contributed by atoms with Crippen molar-refractivity contribution in [2.45, 2.75) is 12.5 Å². The molecule has 2 aromatic rings. The zero-order valence-electron chi connectivity index (χ0n) is 8.85. The SMILES string of the molecule is OC(Cc1cncc(Br)c1)c1ccc(Br)cn1. The standard InChI is InChI=1S/C12H10Br2N2O/c13-9-1-2-11(16-7-9)12(17)4-8-3-10(14)6-15-5-8/h1-3,5-7,12,17H,4H2. The number of nitrogens with zero attached hydrogens (tertiary/aromatic N) is 2. The summed E-state index contributed by atoms with van der Waals surface area (Å²) in [5.74, 6) is 0. The molecule has 2 aromatic heterocycles. The third-order valence-electron chi connectivity index (χ3n) is 2.28. The third-order valence-corrected chi connectivity index (χ3v) is 3.18. The highest BCUT2D eigenvalue weighted by Crippen LogP contribution is 2.19. The molecule has 2 rings (SSSR count). The van der Waals surface area contributed by atoms with Crippen LogP contribution in [0.1, 0.15) is 17.4 Å². The average molecular weight is 358 g/mol. The van der Waals surface area contributed by atoms with E-state index in [2.05, 4.69) is 41.8 Å². The van der Waals surface area contributed by atoms with Crippen LogP contribution in [0.15, 0.2) is 45.7 Å². The quantitative estimate of drug-likeness (QED) is 0.916. The smallest absolute Gasteiger partial charge is 0.1000 e. The van der Waals surface area contributed by atoms with Gasteiger partial charge in [-0.05, 0) is 55.6 Å². The Balaban J connectivity index is 2.11. The van der Waals surface area contributed by atoms with Crippen LogP contribution in [-0.2, 0) is 6.42 Å². The Kier molecular flexibility index (Phi) is 4.25. The molecule has 0 saturated heterocycles. The lowest BCUT2D eigenvalue weighted by molar-refractivity contribution is 0.173. The minimum absolute atomic E-state index is 0.501. The van der Waals surface area contributed by atoms with Crippen molar-refractivity contribution in [1.82, 2.24) is 9.97 Å². The summed E-state index contributed by atoms with van der Waals surface area (Å²) in [5.41, 5.74) is 1.63. The van der Waals surface area contributed by atoms with E-state index in [9.17, 15) is 5.11 Å². The zero-order valence-corrected chi connectivity index (χ0v) is 12.0. The molecule has 0 radical (unpaired) electrons. The van der Waals surface area contributed by atoms with Gasteiger partial charge in [0, 0.05) is 34.0 Å². The van der Waals surface area contributed by atoms with Crippen LogP contribution in [-0.4, -0.2) is 15.1 Å². The number of halogens is 2. The molecule has 0 bridgehead atoms. The Morgan fingerprint density at radius 1 is 1.12 bits per heavy atom. The lowest BCUT2D eigenvalue weighted by Gasteiger charge is -2.10. The summed E-state index contributed by atoms with van der Waals surface area (Å²) >= 11 is 6.66. The highest BCUT2D eigenvalue weighted by molar-refractivity contribution is 9.10. The number of hydrogen-bond donors (Lipinski definition) is 1. The van der Waals surface area contributed by atoms with Gasteiger partial charge in [-0.3, -0.25) is 9.97 Å². The maximum atomic E-state index is 10.0. The molecule has 88 valence electrons. The largest absolute Gasteiger partial charge is 0.386 e. The molecule has 1 atom stereocenters. The van der Waals surface area contributed by atoms with E-state index < -0.39 is 6.10 Å². The monoisotopic (exact) mass is 356 g/mol. The van der Waals surface area contributed by atoms with E-state index in [-0.39, 0.29) is 0 Å². The number of aliphatic hydroxyl groups excluding tert-OH is 1. The molecule has 1 unspecified atom stereocenters. The lowest BCUT2D eigenvalue weighted by Crippen LogP contribution is -2.04. The first-order valence-electron chi connectivity index (χ1n) is 5.04. The van der Waals surface area contributed by atoms with Gasteiger partial charge in [-0.15, -0.1) is 0 Å². The average Bonchev–Trinajstić information content (AvgIpc) is 2.29. The van der Waals surface area contributed by atoms with Gasteiger partial charge >= 0.3 is 0 Å². The molecule has 3 nitrogen and oxygen atoms in total. The van der Waals surface area contributed by atoms with Crippen molar-refractivity contribution >= 4 is 31.9 Å². The Bertz CT molecular complexity index is 502. The predicted octanol–water partition coefficient (Wildman–Crippen LogP) is 3.28. The van der Waals surface area contributed by atoms with E-state index >= 15 is 0 Å². The summed E-state index contributed by atoms with van der Waals surface area (Å²) in [6.07, 6.45) is 5.03. The van der Waals surface area contributed by atoms with E-state index in [0.29, 0.717) is 12.1 Å². The maximum Gasteiger partial charge on any atom is 0.1000 e. The fraction of sp³-hybridized carbons (Fsp3) is 0.167. The van der Waals surface area contributed by atoms with Crippen molar-refractivity contribution in [2.75, 3.05) is 0 Å². The Labute approximate surface area is 116 Å². The molecule has 0 spiro atoms. The fourth-order valence-corrected chi connectivity index (χ4v) is 2.13. The summed E-state index contributed by atoms with van der Waals surface area (Å²) in [6, 6.07) is 5.61. The van der Waals surface area contributed by atoms with Gasteiger partial charge in [0.15, 0.2) is 0 Å². The molecule has 5 heteroatoms. The van der Waals surface area contributed by atoms with Gasteiger partial charge in [-0.2, -0.15) is 0 Å². The summed E-state index contributed by atoms with van der Waals surface area (Å²) in [6.45, 7) is 0. The number of hydrogen-bond acceptors (Lipinski definition) is 3. The van der Waals surface area contributed by atoms with Crippen LogP contribution in [0.4, 0.5) is 0 Å². The summed E-state index contributed by atoms with van der Waals surface area (Å²) in [7, 11) is 0. The van der Waals surface area contributed by atoms with Crippen LogP contribution in [0.3, 0.4) is 0 Å². The Morgan fingerprint density at radius 2 is 1.94 bits per heavy atom. The Morgan fingerprint density at radius 3 is 2.59 bits per heavy atom. The van der Waals surface area contributed by atoms with Gasteiger partial charge in [0.2, 0.25) is 0 Å². The highest BCUT2D eigenvalue weighted by Gasteiger charge is 2.10. The first-order valence-corrected chi connectivity index (χ1v) is 6.62. The van der Waals surface area contributed by atoms with Crippen LogP contribution in [0.5, 0.6) is 0 Å². The van der Waals surface area contributed by atoms with Crippen LogP contribution in [0, 0.1) is 0 Å². The fourth-order valence-electron chi connectivity index (χ4n) is 1.48. The van der Waals surface area contributed by atoms with Gasteiger partial charge in [-0.1, -0.05) is 0 Å². The minimum Gasteiger partial charge on any atom is -0.386 e. The summed E-state index contributed by atoms with van der Waals surface area (Å²) in [4.78, 5) is 8.23. The second kappa shape index (κ2) is 5.71. The zero-order chi connectivity index (χ0) is 12.3. The van der Waals surface area contributed by atoms with E-state index in [0.717, 1.165) is 14.5 Å². The van der Waals surface area contributed by atoms with E-state index in [1.54, 1.807) is 24.7 Å². The second-order valence-corrected chi connectivity index (χ2v) is 5.46. The van der Waals surface area contributed by atoms with Crippen LogP contribution < -0.4 is 0 Å². The van der Waals surface area contributed by atoms with Crippen molar-refractivity contribution in [1.29, 1.82) is 0 Å². The number of pyridine rings is 2. The maximum absolute atomic E-state index is 10.0. The number of aromatic nitrogens is 2. The van der Waals surface area contributed by atoms with Crippen LogP contribution in [0.2, 0.25) is 0 Å². The molecule has 17 heavy (non-hydrogen) atoms. The molecule has 0 saturated carbocycles. The lowest BCUT2D eigenvalue weighted by atomic mass is 10.1. The van der Waals surface area contributed by atoms with Crippen molar-refractivity contribution in [3.8, 4) is 0 Å². The molecule has 0 fully saturated rings. The van der Waals surface area contributed by atoms with Gasteiger partial charge in [0.05, 0.1) is 11.8 Å². The van der Waals surface area contributed by atoms with Crippen molar-refractivity contribution in [3.05, 3.63) is 57.0 Å². The van der Waals surface area contributed by atoms with Gasteiger partial charge in [0.25, 0.3) is 0 Å². The normalized spacial score (nSPS) is 12.4. The van der Waals surface area contributed by atoms with Gasteiger partial charge in [0.1, 0.15) is 0 Å². The molecule has 2 heterocycles. The molecular formula is C12H10Br2N2O. The first-order chi connectivity index (χ1) is 8.15. The summed E-state index contributed by atoms with van der Waals surface area (Å²) in [5, 5.41) is 10.0. The minimum atomic E-state index is -0.612. The molecule has 0 amide bonds. The van der Waals surface area contributed by atoms with Gasteiger partial charge in [-0.25, -0.2) is 0 Å². The third kappa shape index (κ3) is 3.59. The Hall–Kier alpha value is -0.780.